The second-order valence-electron chi connectivity index (χ2n) is 13.0. The monoisotopic (exact) mass is 705 g/mol. The molecule has 0 aromatic carbocycles. The summed E-state index contributed by atoms with van der Waals surface area (Å²) >= 11 is 0. The van der Waals surface area contributed by atoms with Crippen molar-refractivity contribution >= 4 is 5.91 Å². The highest BCUT2D eigenvalue weighted by atomic mass is 16.7. The molecule has 0 saturated carbocycles. The van der Waals surface area contributed by atoms with Crippen molar-refractivity contribution in [2.24, 2.45) is 0 Å². The molecule has 14 nitrogen and oxygen atoms in total. The molecular weight excluding hydrogens is 642 g/mol. The summed E-state index contributed by atoms with van der Waals surface area (Å²) in [7, 11) is 0. The van der Waals surface area contributed by atoms with Gasteiger partial charge in [0, 0.05) is 6.42 Å². The summed E-state index contributed by atoms with van der Waals surface area (Å²) < 4.78 is 22.4. The van der Waals surface area contributed by atoms with E-state index in [2.05, 4.69) is 31.3 Å². The largest absolute Gasteiger partial charge is 0.394 e. The van der Waals surface area contributed by atoms with Gasteiger partial charge in [-0.1, -0.05) is 83.1 Å². The number of amides is 1. The molecule has 0 bridgehead atoms. The molecule has 0 aliphatic carbocycles. The topological polar surface area (TPSA) is 228 Å². The lowest BCUT2D eigenvalue weighted by molar-refractivity contribution is -0.359. The molecule has 12 unspecified atom stereocenters. The van der Waals surface area contributed by atoms with E-state index >= 15 is 0 Å². The Morgan fingerprint density at radius 1 is 0.714 bits per heavy atom. The first-order valence-corrected chi connectivity index (χ1v) is 18.1. The lowest BCUT2D eigenvalue weighted by Crippen LogP contribution is -2.65. The number of ether oxygens (including phenoxy) is 4. The standard InChI is InChI=1S/C35H63NO13/c1-3-5-7-9-10-11-12-13-15-16-18-24(39)23(36-27(40)19-17-14-8-6-4-2)22-46-34-32(45)30(43)33(26(21-38)48-34)49-35-31(44)29(42)28(41)25(20-37)47-35/h11-12,16,18,23-26,28-35,37-39,41-45H,3-10,13-15,17,19-22H2,1-2H3,(H,36,40)/b12-11+,18-16+. The van der Waals surface area contributed by atoms with Gasteiger partial charge in [-0.3, -0.25) is 4.79 Å². The molecule has 2 fully saturated rings. The summed E-state index contributed by atoms with van der Waals surface area (Å²) in [4.78, 5) is 12.8. The lowest BCUT2D eigenvalue weighted by atomic mass is 9.97. The van der Waals surface area contributed by atoms with Gasteiger partial charge in [0.2, 0.25) is 5.91 Å². The number of nitrogens with one attached hydrogen (secondary N) is 1. The third kappa shape index (κ3) is 14.9. The Bertz CT molecular complexity index is 935. The summed E-state index contributed by atoms with van der Waals surface area (Å²) in [6.07, 6.45) is 3.11. The van der Waals surface area contributed by atoms with Gasteiger partial charge in [0.25, 0.3) is 0 Å². The van der Waals surface area contributed by atoms with E-state index in [4.69, 9.17) is 18.9 Å². The quantitative estimate of drug-likeness (QED) is 0.0498. The molecule has 2 aliphatic heterocycles. The Kier molecular flexibility index (Phi) is 21.9. The van der Waals surface area contributed by atoms with Gasteiger partial charge in [-0.05, 0) is 32.1 Å². The number of aliphatic hydroxyl groups excluding tert-OH is 8. The van der Waals surface area contributed by atoms with E-state index in [1.165, 1.54) is 25.7 Å². The van der Waals surface area contributed by atoms with Crippen LogP contribution in [0.1, 0.15) is 97.3 Å². The fourth-order valence-corrected chi connectivity index (χ4v) is 5.77. The molecule has 12 atom stereocenters. The first-order valence-electron chi connectivity index (χ1n) is 18.1. The molecule has 0 aromatic rings. The number of allylic oxidation sites excluding steroid dienone is 3. The van der Waals surface area contributed by atoms with Crippen molar-refractivity contribution in [2.45, 2.75) is 171 Å². The molecule has 0 aromatic heterocycles. The minimum atomic E-state index is -1.78. The van der Waals surface area contributed by atoms with E-state index in [-0.39, 0.29) is 18.9 Å². The van der Waals surface area contributed by atoms with E-state index in [1.54, 1.807) is 6.08 Å². The molecule has 2 saturated heterocycles. The minimum Gasteiger partial charge on any atom is -0.394 e. The van der Waals surface area contributed by atoms with E-state index in [0.717, 1.165) is 38.5 Å². The number of carbonyl (C=O) groups is 1. The Hall–Kier alpha value is -1.53. The van der Waals surface area contributed by atoms with Crippen LogP contribution < -0.4 is 5.32 Å². The first kappa shape index (κ1) is 43.6. The first-order chi connectivity index (χ1) is 23.6. The van der Waals surface area contributed by atoms with Crippen LogP contribution in [0.4, 0.5) is 0 Å². The van der Waals surface area contributed by atoms with Gasteiger partial charge in [-0.2, -0.15) is 0 Å². The highest BCUT2D eigenvalue weighted by Crippen LogP contribution is 2.29. The van der Waals surface area contributed by atoms with E-state index in [1.807, 2.05) is 6.08 Å². The molecule has 14 heteroatoms. The molecule has 2 aliphatic rings. The Balaban J connectivity index is 2.01. The smallest absolute Gasteiger partial charge is 0.220 e. The molecule has 0 radical (unpaired) electrons. The van der Waals surface area contributed by atoms with Crippen LogP contribution in [0, 0.1) is 0 Å². The fourth-order valence-electron chi connectivity index (χ4n) is 5.77. The van der Waals surface area contributed by atoms with Crippen LogP contribution in [0.2, 0.25) is 0 Å². The minimum absolute atomic E-state index is 0.268. The average molecular weight is 706 g/mol. The van der Waals surface area contributed by atoms with Gasteiger partial charge in [-0.15, -0.1) is 0 Å². The van der Waals surface area contributed by atoms with Crippen LogP contribution in [0.25, 0.3) is 0 Å². The number of carbonyl (C=O) groups excluding carboxylic acids is 1. The van der Waals surface area contributed by atoms with Crippen molar-refractivity contribution in [2.75, 3.05) is 19.8 Å². The third-order valence-corrected chi connectivity index (χ3v) is 8.89. The highest BCUT2D eigenvalue weighted by Gasteiger charge is 2.50. The zero-order valence-electron chi connectivity index (χ0n) is 29.2. The van der Waals surface area contributed by atoms with Crippen LogP contribution in [0.5, 0.6) is 0 Å². The molecule has 49 heavy (non-hydrogen) atoms. The summed E-state index contributed by atoms with van der Waals surface area (Å²) in [6, 6.07) is -0.919. The van der Waals surface area contributed by atoms with Gasteiger partial charge in [0.1, 0.15) is 48.8 Å². The van der Waals surface area contributed by atoms with Crippen LogP contribution >= 0.6 is 0 Å². The highest BCUT2D eigenvalue weighted by molar-refractivity contribution is 5.76. The normalized spacial score (nSPS) is 32.1. The summed E-state index contributed by atoms with van der Waals surface area (Å²) in [5, 5.41) is 85.5. The van der Waals surface area contributed by atoms with Crippen molar-refractivity contribution in [1.82, 2.24) is 5.32 Å². The Labute approximate surface area is 290 Å². The van der Waals surface area contributed by atoms with Crippen molar-refractivity contribution in [1.29, 1.82) is 0 Å². The van der Waals surface area contributed by atoms with Gasteiger partial charge in [0.05, 0.1) is 32.0 Å². The Morgan fingerprint density at radius 2 is 1.31 bits per heavy atom. The third-order valence-electron chi connectivity index (χ3n) is 8.89. The SMILES string of the molecule is CCCCCC/C=C/CC/C=C/C(O)C(COC1OC(CO)C(OC2OC(CO)C(O)C(O)C2O)C(O)C1O)NC(=O)CCCCCCC. The molecular formula is C35H63NO13. The average Bonchev–Trinajstić information content (AvgIpc) is 3.09. The maximum Gasteiger partial charge on any atom is 0.220 e. The molecule has 286 valence electrons. The predicted molar refractivity (Wildman–Crippen MR) is 180 cm³/mol. The van der Waals surface area contributed by atoms with Crippen molar-refractivity contribution < 1.29 is 64.6 Å². The number of unbranched alkanes of at least 4 members (excludes halogenated alkanes) is 9. The van der Waals surface area contributed by atoms with Crippen LogP contribution in [0.3, 0.4) is 0 Å². The summed E-state index contributed by atoms with van der Waals surface area (Å²) in [6.45, 7) is 2.56. The molecule has 2 heterocycles. The number of hydrogen-bond acceptors (Lipinski definition) is 13. The summed E-state index contributed by atoms with van der Waals surface area (Å²) in [5.74, 6) is -0.269. The molecule has 1 amide bonds. The van der Waals surface area contributed by atoms with Crippen LogP contribution in [-0.4, -0.2) is 140 Å². The maximum absolute atomic E-state index is 12.8. The maximum atomic E-state index is 12.8. The molecule has 2 rings (SSSR count). The van der Waals surface area contributed by atoms with Crippen molar-refractivity contribution in [3.63, 3.8) is 0 Å². The van der Waals surface area contributed by atoms with Gasteiger partial charge in [0.15, 0.2) is 12.6 Å². The number of rotatable bonds is 24. The molecule has 0 spiro atoms. The lowest BCUT2D eigenvalue weighted by Gasteiger charge is -2.46. The number of hydrogen-bond donors (Lipinski definition) is 9. The van der Waals surface area contributed by atoms with E-state index in [9.17, 15) is 45.6 Å². The zero-order valence-corrected chi connectivity index (χ0v) is 29.2. The van der Waals surface area contributed by atoms with Gasteiger partial charge >= 0.3 is 0 Å². The Morgan fingerprint density at radius 3 is 1.98 bits per heavy atom. The van der Waals surface area contributed by atoms with Crippen molar-refractivity contribution in [3.05, 3.63) is 24.3 Å². The fraction of sp³-hybridized carbons (Fsp3) is 0.857. The van der Waals surface area contributed by atoms with E-state index < -0.39 is 86.8 Å². The number of aliphatic hydroxyl groups is 8. The predicted octanol–water partition coefficient (Wildman–Crippen LogP) is 0.696. The second kappa shape index (κ2) is 24.6. The second-order valence-corrected chi connectivity index (χ2v) is 13.0. The van der Waals surface area contributed by atoms with E-state index in [0.29, 0.717) is 12.8 Å². The summed E-state index contributed by atoms with van der Waals surface area (Å²) in [5.41, 5.74) is 0. The zero-order chi connectivity index (χ0) is 36.2. The van der Waals surface area contributed by atoms with Crippen LogP contribution in [0.15, 0.2) is 24.3 Å². The van der Waals surface area contributed by atoms with Gasteiger partial charge < -0.3 is 65.1 Å². The van der Waals surface area contributed by atoms with Crippen molar-refractivity contribution in [3.8, 4) is 0 Å². The van der Waals surface area contributed by atoms with Crippen LogP contribution in [-0.2, 0) is 23.7 Å². The molecule has 9 N–H and O–H groups in total. The van der Waals surface area contributed by atoms with Gasteiger partial charge in [-0.25, -0.2) is 0 Å².